The van der Waals surface area contributed by atoms with Crippen molar-refractivity contribution in [1.29, 1.82) is 0 Å². The van der Waals surface area contributed by atoms with Crippen LogP contribution in [-0.4, -0.2) is 30.8 Å². The molecule has 0 bridgehead atoms. The van der Waals surface area contributed by atoms with Gasteiger partial charge in [0.1, 0.15) is 11.6 Å². The first kappa shape index (κ1) is 19.3. The van der Waals surface area contributed by atoms with Crippen LogP contribution in [0.2, 0.25) is 0 Å². The molecule has 1 heterocycles. The van der Waals surface area contributed by atoms with Gasteiger partial charge in [-0.3, -0.25) is 0 Å². The van der Waals surface area contributed by atoms with Gasteiger partial charge in [0.25, 0.3) is 0 Å². The third-order valence-electron chi connectivity index (χ3n) is 3.99. The lowest BCUT2D eigenvalue weighted by molar-refractivity contribution is 0.340. The van der Waals surface area contributed by atoms with Crippen LogP contribution in [0.4, 0.5) is 17.5 Å². The maximum Gasteiger partial charge on any atom is 0.224 e. The zero-order valence-corrected chi connectivity index (χ0v) is 16.2. The molecule has 1 aromatic heterocycles. The molecule has 0 unspecified atom stereocenters. The van der Waals surface area contributed by atoms with E-state index in [1.54, 1.807) is 20.4 Å². The van der Waals surface area contributed by atoms with Crippen LogP contribution in [0.5, 0.6) is 17.2 Å². The van der Waals surface area contributed by atoms with Gasteiger partial charge in [-0.2, -0.15) is 4.98 Å². The third-order valence-corrected chi connectivity index (χ3v) is 3.99. The third kappa shape index (κ3) is 5.03. The first-order valence-corrected chi connectivity index (χ1v) is 8.99. The lowest BCUT2D eigenvalue weighted by atomic mass is 10.2. The van der Waals surface area contributed by atoms with Crippen molar-refractivity contribution in [2.24, 2.45) is 0 Å². The number of hydrogen-bond acceptors (Lipinski definition) is 7. The average molecular weight is 380 g/mol. The van der Waals surface area contributed by atoms with Crippen LogP contribution in [0.25, 0.3) is 0 Å². The minimum absolute atomic E-state index is 0.533. The van der Waals surface area contributed by atoms with Crippen LogP contribution in [0.1, 0.15) is 12.5 Å². The van der Waals surface area contributed by atoms with Crippen molar-refractivity contribution in [2.75, 3.05) is 31.5 Å². The van der Waals surface area contributed by atoms with Crippen molar-refractivity contribution in [1.82, 2.24) is 9.97 Å². The van der Waals surface area contributed by atoms with E-state index in [0.717, 1.165) is 17.0 Å². The Kier molecular flexibility index (Phi) is 6.51. The Hall–Kier alpha value is -3.48. The van der Waals surface area contributed by atoms with E-state index in [4.69, 9.17) is 14.2 Å². The summed E-state index contributed by atoms with van der Waals surface area (Å²) in [5.74, 6) is 3.46. The number of nitrogens with zero attached hydrogens (tertiary/aromatic N) is 2. The predicted octanol–water partition coefficient (Wildman–Crippen LogP) is 4.25. The molecule has 0 saturated carbocycles. The summed E-state index contributed by atoms with van der Waals surface area (Å²) in [7, 11) is 3.24. The second kappa shape index (κ2) is 9.45. The molecule has 0 aliphatic heterocycles. The highest BCUT2D eigenvalue weighted by Crippen LogP contribution is 2.27. The first-order chi connectivity index (χ1) is 13.7. The minimum atomic E-state index is 0.533. The van der Waals surface area contributed by atoms with Crippen molar-refractivity contribution < 1.29 is 14.2 Å². The summed E-state index contributed by atoms with van der Waals surface area (Å²) in [4.78, 5) is 8.77. The molecular formula is C21H24N4O3. The Labute approximate surface area is 164 Å². The second-order valence-corrected chi connectivity index (χ2v) is 5.89. The van der Waals surface area contributed by atoms with E-state index in [0.29, 0.717) is 36.4 Å². The van der Waals surface area contributed by atoms with Gasteiger partial charge in [-0.1, -0.05) is 6.07 Å². The average Bonchev–Trinajstić information content (AvgIpc) is 2.74. The summed E-state index contributed by atoms with van der Waals surface area (Å²) >= 11 is 0. The molecule has 146 valence electrons. The highest BCUT2D eigenvalue weighted by atomic mass is 16.5. The Morgan fingerprint density at radius 1 is 0.929 bits per heavy atom. The van der Waals surface area contributed by atoms with E-state index in [2.05, 4.69) is 20.6 Å². The van der Waals surface area contributed by atoms with Crippen molar-refractivity contribution in [3.8, 4) is 17.2 Å². The molecule has 0 aliphatic rings. The van der Waals surface area contributed by atoms with Crippen molar-refractivity contribution >= 4 is 17.5 Å². The zero-order valence-electron chi connectivity index (χ0n) is 16.2. The molecular weight excluding hydrogens is 356 g/mol. The van der Waals surface area contributed by atoms with Gasteiger partial charge in [0.2, 0.25) is 5.95 Å². The quantitative estimate of drug-likeness (QED) is 0.575. The normalized spacial score (nSPS) is 10.2. The molecule has 28 heavy (non-hydrogen) atoms. The van der Waals surface area contributed by atoms with E-state index < -0.39 is 0 Å². The zero-order chi connectivity index (χ0) is 19.8. The molecule has 0 saturated heterocycles. The van der Waals surface area contributed by atoms with Crippen molar-refractivity contribution in [3.63, 3.8) is 0 Å². The number of anilines is 3. The molecule has 0 amide bonds. The topological polar surface area (TPSA) is 77.5 Å². The molecule has 7 nitrogen and oxygen atoms in total. The van der Waals surface area contributed by atoms with E-state index in [1.807, 2.05) is 55.5 Å². The Morgan fingerprint density at radius 3 is 2.43 bits per heavy atom. The number of aromatic nitrogens is 2. The molecule has 2 N–H and O–H groups in total. The van der Waals surface area contributed by atoms with Crippen LogP contribution >= 0.6 is 0 Å². The summed E-state index contributed by atoms with van der Waals surface area (Å²) in [5, 5.41) is 6.49. The summed E-state index contributed by atoms with van der Waals surface area (Å²) in [6, 6.07) is 15.3. The molecule has 2 aromatic carbocycles. The molecule has 0 radical (unpaired) electrons. The van der Waals surface area contributed by atoms with Gasteiger partial charge in [0.15, 0.2) is 11.5 Å². The Balaban J connectivity index is 1.63. The van der Waals surface area contributed by atoms with E-state index in [1.165, 1.54) is 0 Å². The summed E-state index contributed by atoms with van der Waals surface area (Å²) in [6.45, 7) is 3.17. The highest BCUT2D eigenvalue weighted by molar-refractivity contribution is 5.57. The number of ether oxygens (including phenoxy) is 3. The molecule has 3 rings (SSSR count). The number of hydrogen-bond donors (Lipinski definition) is 2. The molecule has 0 aliphatic carbocycles. The van der Waals surface area contributed by atoms with Gasteiger partial charge in [-0.25, -0.2) is 4.98 Å². The van der Waals surface area contributed by atoms with Gasteiger partial charge >= 0.3 is 0 Å². The smallest absolute Gasteiger partial charge is 0.224 e. The number of rotatable bonds is 9. The number of benzene rings is 2. The standard InChI is InChI=1S/C21H24N4O3/c1-4-28-17-8-6-16(7-9-17)24-20-11-12-22-21(25-20)23-14-15-5-10-18(26-2)19(13-15)27-3/h5-13H,4,14H2,1-3H3,(H2,22,23,24,25). The Morgan fingerprint density at radius 2 is 1.71 bits per heavy atom. The summed E-state index contributed by atoms with van der Waals surface area (Å²) < 4.78 is 16.1. The maximum atomic E-state index is 5.45. The fourth-order valence-electron chi connectivity index (χ4n) is 2.63. The summed E-state index contributed by atoms with van der Waals surface area (Å²) in [6.07, 6.45) is 1.71. The predicted molar refractivity (Wildman–Crippen MR) is 110 cm³/mol. The van der Waals surface area contributed by atoms with Crippen LogP contribution in [-0.2, 0) is 6.54 Å². The van der Waals surface area contributed by atoms with Gasteiger partial charge in [-0.05, 0) is 55.0 Å². The van der Waals surface area contributed by atoms with Crippen LogP contribution in [0.15, 0.2) is 54.7 Å². The monoisotopic (exact) mass is 380 g/mol. The molecule has 0 fully saturated rings. The highest BCUT2D eigenvalue weighted by Gasteiger charge is 2.06. The second-order valence-electron chi connectivity index (χ2n) is 5.89. The largest absolute Gasteiger partial charge is 0.494 e. The molecule has 3 aromatic rings. The molecule has 0 atom stereocenters. The van der Waals surface area contributed by atoms with E-state index >= 15 is 0 Å². The van der Waals surface area contributed by atoms with Gasteiger partial charge in [0, 0.05) is 18.4 Å². The van der Waals surface area contributed by atoms with Crippen LogP contribution in [0.3, 0.4) is 0 Å². The van der Waals surface area contributed by atoms with Crippen molar-refractivity contribution in [3.05, 3.63) is 60.3 Å². The van der Waals surface area contributed by atoms with Gasteiger partial charge < -0.3 is 24.8 Å². The van der Waals surface area contributed by atoms with Gasteiger partial charge in [-0.15, -0.1) is 0 Å². The van der Waals surface area contributed by atoms with Crippen molar-refractivity contribution in [2.45, 2.75) is 13.5 Å². The minimum Gasteiger partial charge on any atom is -0.494 e. The fourth-order valence-corrected chi connectivity index (χ4v) is 2.63. The van der Waals surface area contributed by atoms with Gasteiger partial charge in [0.05, 0.1) is 20.8 Å². The van der Waals surface area contributed by atoms with Crippen LogP contribution in [0, 0.1) is 0 Å². The SMILES string of the molecule is CCOc1ccc(Nc2ccnc(NCc3ccc(OC)c(OC)c3)n2)cc1. The number of nitrogens with one attached hydrogen (secondary N) is 2. The first-order valence-electron chi connectivity index (χ1n) is 8.99. The fraction of sp³-hybridized carbons (Fsp3) is 0.238. The summed E-state index contributed by atoms with van der Waals surface area (Å²) in [5.41, 5.74) is 1.96. The Bertz CT molecular complexity index is 900. The number of methoxy groups -OCH3 is 2. The lowest BCUT2D eigenvalue weighted by Gasteiger charge is -2.11. The van der Waals surface area contributed by atoms with E-state index in [9.17, 15) is 0 Å². The molecule has 7 heteroatoms. The van der Waals surface area contributed by atoms with Crippen LogP contribution < -0.4 is 24.8 Å². The van der Waals surface area contributed by atoms with E-state index in [-0.39, 0.29) is 0 Å². The lowest BCUT2D eigenvalue weighted by Crippen LogP contribution is -2.05. The molecule has 0 spiro atoms. The maximum absolute atomic E-state index is 5.45.